The topological polar surface area (TPSA) is 67.9 Å². The van der Waals surface area contributed by atoms with E-state index in [-0.39, 0.29) is 18.4 Å². The maximum absolute atomic E-state index is 12.4. The average Bonchev–Trinajstić information content (AvgIpc) is 2.64. The molecule has 3 rings (SSSR count). The average molecular weight is 352 g/mol. The van der Waals surface area contributed by atoms with Gasteiger partial charge in [0.05, 0.1) is 12.8 Å². The Morgan fingerprint density at radius 2 is 2.00 bits per heavy atom. The monoisotopic (exact) mass is 352 g/mol. The third kappa shape index (κ3) is 3.69. The number of anilines is 2. The third-order valence-electron chi connectivity index (χ3n) is 3.94. The van der Waals surface area contributed by atoms with Crippen molar-refractivity contribution >= 4 is 23.2 Å². The first-order valence-electron chi connectivity index (χ1n) is 8.15. The molecule has 2 aromatic rings. The number of rotatable bonds is 5. The van der Waals surface area contributed by atoms with E-state index in [9.17, 15) is 9.59 Å². The summed E-state index contributed by atoms with van der Waals surface area (Å²) in [6.07, 6.45) is 0. The van der Waals surface area contributed by atoms with Crippen LogP contribution in [-0.2, 0) is 4.79 Å². The van der Waals surface area contributed by atoms with Crippen molar-refractivity contribution in [2.75, 3.05) is 30.5 Å². The Hall–Kier alpha value is -3.28. The highest BCUT2D eigenvalue weighted by molar-refractivity contribution is 6.05. The standard InChI is InChI=1S/C20H20N2O4/c1-13(2)11-22-17-10-15(6-9-18(17)26-12-19(22)23)21-20(24)14-4-7-16(25-3)8-5-14/h4-10H,1,11-12H2,2-3H3,(H,21,24). The molecule has 0 saturated heterocycles. The van der Waals surface area contributed by atoms with E-state index in [4.69, 9.17) is 9.47 Å². The van der Waals surface area contributed by atoms with Gasteiger partial charge in [0.2, 0.25) is 0 Å². The minimum atomic E-state index is -0.248. The SMILES string of the molecule is C=C(C)CN1C(=O)COc2ccc(NC(=O)c3ccc(OC)cc3)cc21. The van der Waals surface area contributed by atoms with Gasteiger partial charge in [0, 0.05) is 17.8 Å². The number of ether oxygens (including phenoxy) is 2. The first-order valence-corrected chi connectivity index (χ1v) is 8.15. The molecule has 0 atom stereocenters. The van der Waals surface area contributed by atoms with Crippen LogP contribution in [0.1, 0.15) is 17.3 Å². The van der Waals surface area contributed by atoms with Crippen LogP contribution in [0.4, 0.5) is 11.4 Å². The molecule has 0 bridgehead atoms. The van der Waals surface area contributed by atoms with Crippen molar-refractivity contribution in [2.24, 2.45) is 0 Å². The molecule has 6 heteroatoms. The second-order valence-electron chi connectivity index (χ2n) is 6.09. The van der Waals surface area contributed by atoms with Gasteiger partial charge >= 0.3 is 0 Å². The third-order valence-corrected chi connectivity index (χ3v) is 3.94. The minimum absolute atomic E-state index is 0.00215. The fraction of sp³-hybridized carbons (Fsp3) is 0.200. The van der Waals surface area contributed by atoms with Gasteiger partial charge in [0.15, 0.2) is 6.61 Å². The number of fused-ring (bicyclic) bond motifs is 1. The summed E-state index contributed by atoms with van der Waals surface area (Å²) >= 11 is 0. The van der Waals surface area contributed by atoms with Crippen molar-refractivity contribution in [3.63, 3.8) is 0 Å². The van der Waals surface area contributed by atoms with Gasteiger partial charge < -0.3 is 19.7 Å². The van der Waals surface area contributed by atoms with Crippen LogP contribution >= 0.6 is 0 Å². The van der Waals surface area contributed by atoms with Crippen LogP contribution in [0.25, 0.3) is 0 Å². The quantitative estimate of drug-likeness (QED) is 0.839. The summed E-state index contributed by atoms with van der Waals surface area (Å²) in [5, 5.41) is 2.84. The first kappa shape index (κ1) is 17.5. The lowest BCUT2D eigenvalue weighted by molar-refractivity contribution is -0.121. The molecule has 2 aromatic carbocycles. The number of amides is 2. The summed E-state index contributed by atoms with van der Waals surface area (Å²) in [6.45, 7) is 6.13. The number of carbonyl (C=O) groups excluding carboxylic acids is 2. The summed E-state index contributed by atoms with van der Waals surface area (Å²) in [7, 11) is 1.57. The maximum atomic E-state index is 12.4. The number of nitrogens with zero attached hydrogens (tertiary/aromatic N) is 1. The van der Waals surface area contributed by atoms with E-state index < -0.39 is 0 Å². The highest BCUT2D eigenvalue weighted by Gasteiger charge is 2.25. The van der Waals surface area contributed by atoms with Crippen LogP contribution in [0.3, 0.4) is 0 Å². The second kappa shape index (κ2) is 7.31. The number of nitrogens with one attached hydrogen (secondary N) is 1. The molecule has 0 spiro atoms. The van der Waals surface area contributed by atoms with Crippen molar-refractivity contribution in [3.05, 3.63) is 60.2 Å². The van der Waals surface area contributed by atoms with Gasteiger partial charge in [-0.3, -0.25) is 9.59 Å². The summed E-state index contributed by atoms with van der Waals surface area (Å²) in [5.41, 5.74) is 2.57. The first-order chi connectivity index (χ1) is 12.5. The van der Waals surface area contributed by atoms with Crippen molar-refractivity contribution < 1.29 is 19.1 Å². The van der Waals surface area contributed by atoms with Crippen LogP contribution in [0.5, 0.6) is 11.5 Å². The van der Waals surface area contributed by atoms with Crippen LogP contribution in [0, 0.1) is 0 Å². The Kier molecular flexibility index (Phi) is 4.93. The van der Waals surface area contributed by atoms with Crippen molar-refractivity contribution in [1.82, 2.24) is 0 Å². The van der Waals surface area contributed by atoms with Gasteiger partial charge in [-0.2, -0.15) is 0 Å². The fourth-order valence-electron chi connectivity index (χ4n) is 2.67. The molecule has 26 heavy (non-hydrogen) atoms. The van der Waals surface area contributed by atoms with E-state index >= 15 is 0 Å². The lowest BCUT2D eigenvalue weighted by atomic mass is 10.1. The minimum Gasteiger partial charge on any atom is -0.497 e. The Bertz CT molecular complexity index is 859. The van der Waals surface area contributed by atoms with Crippen molar-refractivity contribution in [2.45, 2.75) is 6.92 Å². The molecule has 0 aromatic heterocycles. The Morgan fingerprint density at radius 3 is 2.65 bits per heavy atom. The molecule has 1 aliphatic rings. The molecule has 134 valence electrons. The Labute approximate surface area is 152 Å². The predicted octanol–water partition coefficient (Wildman–Crippen LogP) is 3.25. The molecule has 0 saturated carbocycles. The summed E-state index contributed by atoms with van der Waals surface area (Å²) in [5.74, 6) is 0.899. The summed E-state index contributed by atoms with van der Waals surface area (Å²) < 4.78 is 10.6. The van der Waals surface area contributed by atoms with Gasteiger partial charge in [0.1, 0.15) is 11.5 Å². The predicted molar refractivity (Wildman–Crippen MR) is 100 cm³/mol. The van der Waals surface area contributed by atoms with E-state index in [2.05, 4.69) is 11.9 Å². The van der Waals surface area contributed by atoms with Gasteiger partial charge in [-0.15, -0.1) is 0 Å². The lowest BCUT2D eigenvalue weighted by Gasteiger charge is -2.30. The number of hydrogen-bond donors (Lipinski definition) is 1. The molecule has 2 amide bonds. The highest BCUT2D eigenvalue weighted by atomic mass is 16.5. The molecule has 0 fully saturated rings. The molecule has 1 aliphatic heterocycles. The molecule has 0 radical (unpaired) electrons. The van der Waals surface area contributed by atoms with Crippen LogP contribution in [0.15, 0.2) is 54.6 Å². The van der Waals surface area contributed by atoms with Gasteiger partial charge in [-0.05, 0) is 49.4 Å². The molecule has 1 N–H and O–H groups in total. The molecule has 0 aliphatic carbocycles. The molecular weight excluding hydrogens is 332 g/mol. The number of methoxy groups -OCH3 is 1. The fourth-order valence-corrected chi connectivity index (χ4v) is 2.67. The number of benzene rings is 2. The van der Waals surface area contributed by atoms with E-state index in [1.165, 1.54) is 0 Å². The summed E-state index contributed by atoms with van der Waals surface area (Å²) in [6, 6.07) is 12.0. The highest BCUT2D eigenvalue weighted by Crippen LogP contribution is 2.35. The molecule has 0 unspecified atom stereocenters. The molecule has 1 heterocycles. The van der Waals surface area contributed by atoms with Gasteiger partial charge in [-0.1, -0.05) is 12.2 Å². The number of carbonyl (C=O) groups is 2. The van der Waals surface area contributed by atoms with Crippen LogP contribution in [0.2, 0.25) is 0 Å². The van der Waals surface area contributed by atoms with E-state index in [0.717, 1.165) is 5.57 Å². The zero-order chi connectivity index (χ0) is 18.7. The van der Waals surface area contributed by atoms with E-state index in [0.29, 0.717) is 35.0 Å². The number of hydrogen-bond acceptors (Lipinski definition) is 4. The normalized spacial score (nSPS) is 12.8. The Balaban J connectivity index is 1.83. The molecular formula is C20H20N2O4. The van der Waals surface area contributed by atoms with Gasteiger partial charge in [0.25, 0.3) is 11.8 Å². The Morgan fingerprint density at radius 1 is 1.27 bits per heavy atom. The van der Waals surface area contributed by atoms with Crippen LogP contribution in [-0.4, -0.2) is 32.1 Å². The van der Waals surface area contributed by atoms with Crippen molar-refractivity contribution in [1.29, 1.82) is 0 Å². The molecule has 6 nitrogen and oxygen atoms in total. The largest absolute Gasteiger partial charge is 0.497 e. The lowest BCUT2D eigenvalue weighted by Crippen LogP contribution is -2.39. The maximum Gasteiger partial charge on any atom is 0.265 e. The van der Waals surface area contributed by atoms with Gasteiger partial charge in [-0.25, -0.2) is 0 Å². The zero-order valence-corrected chi connectivity index (χ0v) is 14.7. The summed E-state index contributed by atoms with van der Waals surface area (Å²) in [4.78, 5) is 26.2. The smallest absolute Gasteiger partial charge is 0.265 e. The second-order valence-corrected chi connectivity index (χ2v) is 6.09. The van der Waals surface area contributed by atoms with E-state index in [1.807, 2.05) is 6.92 Å². The van der Waals surface area contributed by atoms with Crippen LogP contribution < -0.4 is 19.7 Å². The zero-order valence-electron chi connectivity index (χ0n) is 14.7. The van der Waals surface area contributed by atoms with E-state index in [1.54, 1.807) is 54.5 Å². The van der Waals surface area contributed by atoms with Crippen molar-refractivity contribution in [3.8, 4) is 11.5 Å².